The third-order valence-corrected chi connectivity index (χ3v) is 6.56. The maximum absolute atomic E-state index is 13.3. The maximum Gasteiger partial charge on any atom is 0.420 e. The zero-order chi connectivity index (χ0) is 24.9. The summed E-state index contributed by atoms with van der Waals surface area (Å²) in [5, 5.41) is 0. The molecule has 35 heavy (non-hydrogen) atoms. The molecule has 0 atom stereocenters. The molecule has 2 aliphatic rings. The number of amides is 1. The van der Waals surface area contributed by atoms with E-state index >= 15 is 0 Å². The fraction of sp³-hybridized carbons (Fsp3) is 0.375. The van der Waals surface area contributed by atoms with Crippen LogP contribution in [0, 0.1) is 18.7 Å². The highest BCUT2D eigenvalue weighted by Crippen LogP contribution is 2.38. The van der Waals surface area contributed by atoms with Gasteiger partial charge in [-0.1, -0.05) is 0 Å². The molecule has 0 unspecified atom stereocenters. The van der Waals surface area contributed by atoms with E-state index in [1.54, 1.807) is 34.1 Å². The molecule has 1 amide bonds. The molecule has 3 aromatic rings. The van der Waals surface area contributed by atoms with Gasteiger partial charge >= 0.3 is 6.18 Å². The van der Waals surface area contributed by atoms with Gasteiger partial charge in [-0.25, -0.2) is 9.37 Å². The van der Waals surface area contributed by atoms with Crippen molar-refractivity contribution in [1.82, 2.24) is 19.0 Å². The molecule has 7 nitrogen and oxygen atoms in total. The van der Waals surface area contributed by atoms with Gasteiger partial charge in [-0.15, -0.1) is 0 Å². The topological polar surface area (TPSA) is 69.4 Å². The van der Waals surface area contributed by atoms with Gasteiger partial charge in [-0.05, 0) is 56.0 Å². The number of nitrogens with zero attached hydrogens (tertiary/aromatic N) is 4. The Balaban J connectivity index is 1.23. The molecule has 3 heterocycles. The third kappa shape index (κ3) is 4.30. The van der Waals surface area contributed by atoms with Crippen molar-refractivity contribution in [2.45, 2.75) is 38.5 Å². The number of carbonyl (C=O) groups is 1. The van der Waals surface area contributed by atoms with Gasteiger partial charge in [-0.3, -0.25) is 9.59 Å². The normalized spacial score (nSPS) is 19.9. The molecule has 0 saturated heterocycles. The zero-order valence-electron chi connectivity index (χ0n) is 18.8. The zero-order valence-corrected chi connectivity index (χ0v) is 18.8. The number of benzene rings is 1. The number of aromatic nitrogens is 3. The summed E-state index contributed by atoms with van der Waals surface area (Å²) in [6.45, 7) is 2.58. The number of rotatable bonds is 5. The van der Waals surface area contributed by atoms with Crippen molar-refractivity contribution in [2.75, 3.05) is 13.2 Å². The first-order chi connectivity index (χ1) is 16.6. The smallest absolute Gasteiger partial charge is 0.420 e. The van der Waals surface area contributed by atoms with E-state index in [1.807, 2.05) is 6.92 Å². The summed E-state index contributed by atoms with van der Waals surface area (Å²) in [5.74, 6) is -1.67. The molecule has 0 spiro atoms. The van der Waals surface area contributed by atoms with Crippen LogP contribution in [0.5, 0.6) is 5.75 Å². The second kappa shape index (κ2) is 8.54. The van der Waals surface area contributed by atoms with Crippen molar-refractivity contribution in [3.8, 4) is 11.4 Å². The van der Waals surface area contributed by atoms with Gasteiger partial charge in [0, 0.05) is 25.3 Å². The molecule has 2 aromatic heterocycles. The predicted molar refractivity (Wildman–Crippen MR) is 117 cm³/mol. The lowest BCUT2D eigenvalue weighted by Crippen LogP contribution is -2.54. The molecule has 0 radical (unpaired) electrons. The standard InChI is InChI=1S/C24H22F4N4O3/c1-14-11-30(13-29-14)19-3-4-20-23(34)31(6-7-32(20)22(19)33)17-8-15(9-17)12-35-21-5-2-16(25)10-18(21)24(26,27)28/h2-5,10-11,13,15,17H,6-9,12H2,1H3. The van der Waals surface area contributed by atoms with E-state index in [2.05, 4.69) is 4.98 Å². The summed E-state index contributed by atoms with van der Waals surface area (Å²) in [4.78, 5) is 31.9. The summed E-state index contributed by atoms with van der Waals surface area (Å²) in [5.41, 5.74) is 0.0736. The molecular weight excluding hydrogens is 468 g/mol. The van der Waals surface area contributed by atoms with Crippen LogP contribution in [0.1, 0.15) is 34.6 Å². The second-order valence-electron chi connectivity index (χ2n) is 8.92. The summed E-state index contributed by atoms with van der Waals surface area (Å²) in [7, 11) is 0. The van der Waals surface area contributed by atoms with Crippen molar-refractivity contribution >= 4 is 5.91 Å². The van der Waals surface area contributed by atoms with Crippen LogP contribution in [0.15, 0.2) is 47.7 Å². The Morgan fingerprint density at radius 2 is 1.89 bits per heavy atom. The lowest BCUT2D eigenvalue weighted by Gasteiger charge is -2.44. The van der Waals surface area contributed by atoms with Crippen molar-refractivity contribution in [3.05, 3.63) is 76.0 Å². The summed E-state index contributed by atoms with van der Waals surface area (Å²) in [6, 6.07) is 5.49. The van der Waals surface area contributed by atoms with Crippen molar-refractivity contribution in [1.29, 1.82) is 0 Å². The van der Waals surface area contributed by atoms with Gasteiger partial charge in [0.15, 0.2) is 0 Å². The van der Waals surface area contributed by atoms with E-state index in [9.17, 15) is 27.2 Å². The molecular formula is C24H22F4N4O3. The molecule has 11 heteroatoms. The average molecular weight is 490 g/mol. The predicted octanol–water partition coefficient (Wildman–Crippen LogP) is 3.81. The molecule has 1 fully saturated rings. The van der Waals surface area contributed by atoms with E-state index in [-0.39, 0.29) is 30.0 Å². The van der Waals surface area contributed by atoms with Gasteiger partial charge in [0.25, 0.3) is 11.5 Å². The quantitative estimate of drug-likeness (QED) is 0.510. The van der Waals surface area contributed by atoms with Crippen LogP contribution in [-0.2, 0) is 12.7 Å². The first-order valence-corrected chi connectivity index (χ1v) is 11.2. The first kappa shape index (κ1) is 23.1. The third-order valence-electron chi connectivity index (χ3n) is 6.56. The highest BCUT2D eigenvalue weighted by atomic mass is 19.4. The number of alkyl halides is 3. The van der Waals surface area contributed by atoms with Crippen molar-refractivity contribution < 1.29 is 27.1 Å². The minimum absolute atomic E-state index is 0.0325. The van der Waals surface area contributed by atoms with Crippen LogP contribution in [0.4, 0.5) is 17.6 Å². The summed E-state index contributed by atoms with van der Waals surface area (Å²) >= 11 is 0. The van der Waals surface area contributed by atoms with Crippen LogP contribution in [0.2, 0.25) is 0 Å². The Morgan fingerprint density at radius 1 is 1.11 bits per heavy atom. The Morgan fingerprint density at radius 3 is 2.57 bits per heavy atom. The molecule has 0 bridgehead atoms. The molecule has 1 saturated carbocycles. The number of hydrogen-bond donors (Lipinski definition) is 0. The van der Waals surface area contributed by atoms with Gasteiger partial charge in [-0.2, -0.15) is 13.2 Å². The maximum atomic E-state index is 13.3. The number of imidazole rings is 1. The van der Waals surface area contributed by atoms with Gasteiger partial charge in [0.05, 0.1) is 18.6 Å². The highest BCUT2D eigenvalue weighted by molar-refractivity contribution is 5.93. The Hall–Kier alpha value is -3.63. The highest BCUT2D eigenvalue weighted by Gasteiger charge is 2.40. The molecule has 1 aromatic carbocycles. The number of pyridine rings is 1. The number of halogens is 4. The van der Waals surface area contributed by atoms with Crippen LogP contribution < -0.4 is 10.3 Å². The SMILES string of the molecule is Cc1cn(-c2ccc3n(c2=O)CCN(C2CC(COc4ccc(F)cc4C(F)(F)F)C2)C3=O)cn1. The van der Waals surface area contributed by atoms with Gasteiger partial charge < -0.3 is 18.8 Å². The van der Waals surface area contributed by atoms with E-state index in [0.29, 0.717) is 43.4 Å². The van der Waals surface area contributed by atoms with Crippen molar-refractivity contribution in [3.63, 3.8) is 0 Å². The first-order valence-electron chi connectivity index (χ1n) is 11.2. The number of carbonyl (C=O) groups excluding carboxylic acids is 1. The molecule has 184 valence electrons. The number of ether oxygens (including phenoxy) is 1. The lowest BCUT2D eigenvalue weighted by atomic mass is 9.79. The molecule has 5 rings (SSSR count). The van der Waals surface area contributed by atoms with Crippen LogP contribution in [0.3, 0.4) is 0 Å². The van der Waals surface area contributed by atoms with Crippen LogP contribution in [0.25, 0.3) is 5.69 Å². The lowest BCUT2D eigenvalue weighted by molar-refractivity contribution is -0.139. The minimum Gasteiger partial charge on any atom is -0.493 e. The fourth-order valence-electron chi connectivity index (χ4n) is 4.68. The Labute approximate surface area is 197 Å². The molecule has 0 N–H and O–H groups in total. The fourth-order valence-corrected chi connectivity index (χ4v) is 4.68. The van der Waals surface area contributed by atoms with Crippen LogP contribution in [-0.4, -0.2) is 44.1 Å². The van der Waals surface area contributed by atoms with E-state index in [1.165, 1.54) is 4.57 Å². The van der Waals surface area contributed by atoms with Gasteiger partial charge in [0.2, 0.25) is 0 Å². The molecule has 1 aliphatic carbocycles. The Bertz CT molecular complexity index is 1340. The minimum atomic E-state index is -4.72. The van der Waals surface area contributed by atoms with Crippen molar-refractivity contribution in [2.24, 2.45) is 5.92 Å². The van der Waals surface area contributed by atoms with E-state index in [0.717, 1.165) is 17.8 Å². The second-order valence-corrected chi connectivity index (χ2v) is 8.92. The van der Waals surface area contributed by atoms with E-state index in [4.69, 9.17) is 4.74 Å². The largest absolute Gasteiger partial charge is 0.493 e. The van der Waals surface area contributed by atoms with Crippen LogP contribution >= 0.6 is 0 Å². The van der Waals surface area contributed by atoms with E-state index < -0.39 is 23.3 Å². The number of fused-ring (bicyclic) bond motifs is 1. The Kier molecular flexibility index (Phi) is 5.65. The summed E-state index contributed by atoms with van der Waals surface area (Å²) < 4.78 is 61.2. The summed E-state index contributed by atoms with van der Waals surface area (Å²) in [6.07, 6.45) is -0.283. The number of hydrogen-bond acceptors (Lipinski definition) is 4. The monoisotopic (exact) mass is 490 g/mol. The van der Waals surface area contributed by atoms with Gasteiger partial charge in [0.1, 0.15) is 28.5 Å². The molecule has 1 aliphatic heterocycles. The average Bonchev–Trinajstić information content (AvgIpc) is 3.20. The number of aryl methyl sites for hydroxylation is 1.